The van der Waals surface area contributed by atoms with Crippen LogP contribution in [0.5, 0.6) is 0 Å². The van der Waals surface area contributed by atoms with Crippen molar-refractivity contribution in [1.29, 1.82) is 0 Å². The molecule has 0 aliphatic carbocycles. The van der Waals surface area contributed by atoms with Gasteiger partial charge in [0.05, 0.1) is 4.70 Å². The Morgan fingerprint density at radius 3 is 2.93 bits per heavy atom. The van der Waals surface area contributed by atoms with Crippen LogP contribution in [0, 0.1) is 0 Å². The molecule has 140 valence electrons. The number of fused-ring (bicyclic) bond motifs is 1. The molecule has 6 heteroatoms. The molecular weight excluding hydrogens is 356 g/mol. The molecular formula is C21H24N4OS. The van der Waals surface area contributed by atoms with Gasteiger partial charge in [-0.25, -0.2) is 4.98 Å². The summed E-state index contributed by atoms with van der Waals surface area (Å²) in [5.74, 6) is 0.516. The molecule has 5 nitrogen and oxygen atoms in total. The van der Waals surface area contributed by atoms with Gasteiger partial charge in [-0.3, -0.25) is 4.79 Å². The Balaban J connectivity index is 1.50. The Kier molecular flexibility index (Phi) is 5.07. The molecule has 2 aromatic heterocycles. The van der Waals surface area contributed by atoms with Crippen molar-refractivity contribution in [3.05, 3.63) is 53.7 Å². The highest BCUT2D eigenvalue weighted by Gasteiger charge is 2.32. The van der Waals surface area contributed by atoms with E-state index in [9.17, 15) is 4.79 Å². The summed E-state index contributed by atoms with van der Waals surface area (Å²) in [5.41, 5.74) is 3.10. The summed E-state index contributed by atoms with van der Waals surface area (Å²) in [6, 6.07) is 12.0. The zero-order valence-electron chi connectivity index (χ0n) is 15.7. The number of nitrogens with zero attached hydrogens (tertiary/aromatic N) is 3. The number of aromatic nitrogens is 2. The molecule has 0 spiro atoms. The molecule has 1 N–H and O–H groups in total. The van der Waals surface area contributed by atoms with Crippen LogP contribution < -0.4 is 10.2 Å². The number of rotatable bonds is 5. The lowest BCUT2D eigenvalue weighted by Gasteiger charge is -2.23. The minimum Gasteiger partial charge on any atom is -0.350 e. The molecule has 4 rings (SSSR count). The van der Waals surface area contributed by atoms with Crippen molar-refractivity contribution in [3.8, 4) is 0 Å². The average Bonchev–Trinajstić information content (AvgIpc) is 3.32. The molecule has 1 fully saturated rings. The van der Waals surface area contributed by atoms with Crippen LogP contribution >= 0.6 is 11.3 Å². The molecule has 1 aliphatic rings. The number of carbonyl (C=O) groups is 1. The highest BCUT2D eigenvalue weighted by molar-refractivity contribution is 7.22. The van der Waals surface area contributed by atoms with Crippen molar-refractivity contribution in [2.75, 3.05) is 11.4 Å². The number of nitrogens with one attached hydrogen (secondary N) is 1. The Morgan fingerprint density at radius 1 is 1.33 bits per heavy atom. The fourth-order valence-corrected chi connectivity index (χ4v) is 4.48. The minimum absolute atomic E-state index is 0.0754. The molecule has 0 unspecified atom stereocenters. The number of hydrogen-bond acceptors (Lipinski definition) is 5. The van der Waals surface area contributed by atoms with Gasteiger partial charge < -0.3 is 10.2 Å². The second-order valence-electron chi connectivity index (χ2n) is 7.30. The van der Waals surface area contributed by atoms with Crippen molar-refractivity contribution >= 4 is 32.7 Å². The lowest BCUT2D eigenvalue weighted by Crippen LogP contribution is -2.43. The largest absolute Gasteiger partial charge is 0.350 e. The van der Waals surface area contributed by atoms with E-state index in [2.05, 4.69) is 35.1 Å². The molecule has 0 radical (unpaired) electrons. The van der Waals surface area contributed by atoms with E-state index in [1.54, 1.807) is 11.3 Å². The predicted octanol–water partition coefficient (Wildman–Crippen LogP) is 4.10. The summed E-state index contributed by atoms with van der Waals surface area (Å²) >= 11 is 1.63. The van der Waals surface area contributed by atoms with Crippen LogP contribution in [0.4, 0.5) is 5.13 Å². The van der Waals surface area contributed by atoms with E-state index in [0.29, 0.717) is 12.5 Å². The topological polar surface area (TPSA) is 58.1 Å². The van der Waals surface area contributed by atoms with Crippen molar-refractivity contribution < 1.29 is 4.79 Å². The van der Waals surface area contributed by atoms with Gasteiger partial charge in [0.2, 0.25) is 5.91 Å². The van der Waals surface area contributed by atoms with Crippen molar-refractivity contribution in [2.24, 2.45) is 0 Å². The zero-order chi connectivity index (χ0) is 18.8. The Hall–Kier alpha value is -2.47. The van der Waals surface area contributed by atoms with E-state index in [0.717, 1.165) is 40.4 Å². The van der Waals surface area contributed by atoms with Gasteiger partial charge in [-0.1, -0.05) is 55.5 Å². The first-order valence-electron chi connectivity index (χ1n) is 9.46. The van der Waals surface area contributed by atoms with Gasteiger partial charge in [-0.2, -0.15) is 4.98 Å². The summed E-state index contributed by atoms with van der Waals surface area (Å²) in [4.78, 5) is 24.1. The summed E-state index contributed by atoms with van der Waals surface area (Å²) in [6.45, 7) is 5.75. The van der Waals surface area contributed by atoms with Gasteiger partial charge in [-0.15, -0.1) is 0 Å². The van der Waals surface area contributed by atoms with Crippen LogP contribution in [0.1, 0.15) is 43.7 Å². The first-order chi connectivity index (χ1) is 13.1. The quantitative estimate of drug-likeness (QED) is 0.724. The van der Waals surface area contributed by atoms with E-state index < -0.39 is 0 Å². The fourth-order valence-electron chi connectivity index (χ4n) is 3.43. The summed E-state index contributed by atoms with van der Waals surface area (Å²) in [6.07, 6.45) is 3.77. The Morgan fingerprint density at radius 2 is 2.15 bits per heavy atom. The zero-order valence-corrected chi connectivity index (χ0v) is 16.5. The predicted molar refractivity (Wildman–Crippen MR) is 110 cm³/mol. The summed E-state index contributed by atoms with van der Waals surface area (Å²) < 4.78 is 1.09. The lowest BCUT2D eigenvalue weighted by atomic mass is 10.1. The van der Waals surface area contributed by atoms with Crippen LogP contribution in [-0.4, -0.2) is 28.5 Å². The van der Waals surface area contributed by atoms with E-state index in [-0.39, 0.29) is 11.9 Å². The molecule has 3 heterocycles. The summed E-state index contributed by atoms with van der Waals surface area (Å²) in [7, 11) is 0. The molecule has 1 atom stereocenters. The van der Waals surface area contributed by atoms with Crippen molar-refractivity contribution in [3.63, 3.8) is 0 Å². The smallest absolute Gasteiger partial charge is 0.243 e. The maximum Gasteiger partial charge on any atom is 0.243 e. The maximum atomic E-state index is 12.8. The molecule has 0 bridgehead atoms. The highest BCUT2D eigenvalue weighted by Crippen LogP contribution is 2.33. The molecule has 0 saturated carbocycles. The first-order valence-corrected chi connectivity index (χ1v) is 10.3. The number of anilines is 1. The number of amides is 1. The van der Waals surface area contributed by atoms with Gasteiger partial charge in [0.15, 0.2) is 10.8 Å². The third-order valence-electron chi connectivity index (χ3n) is 5.03. The average molecular weight is 381 g/mol. The van der Waals surface area contributed by atoms with Crippen LogP contribution in [-0.2, 0) is 11.3 Å². The molecule has 1 saturated heterocycles. The lowest BCUT2D eigenvalue weighted by molar-refractivity contribution is -0.122. The van der Waals surface area contributed by atoms with E-state index >= 15 is 0 Å². The SMILES string of the molecule is CC(C)c1cnc2nc(N3CCC[C@@H]3C(=O)NCc3ccccc3)sc2c1. The highest BCUT2D eigenvalue weighted by atomic mass is 32.1. The second kappa shape index (κ2) is 7.64. The van der Waals surface area contributed by atoms with Gasteiger partial charge in [-0.05, 0) is 36.0 Å². The number of benzene rings is 1. The van der Waals surface area contributed by atoms with Crippen LogP contribution in [0.15, 0.2) is 42.6 Å². The minimum atomic E-state index is -0.154. The monoisotopic (exact) mass is 380 g/mol. The second-order valence-corrected chi connectivity index (χ2v) is 8.31. The van der Waals surface area contributed by atoms with Gasteiger partial charge in [0, 0.05) is 19.3 Å². The Labute approximate surface area is 163 Å². The number of thiazole rings is 1. The molecule has 27 heavy (non-hydrogen) atoms. The summed E-state index contributed by atoms with van der Waals surface area (Å²) in [5, 5.41) is 3.98. The maximum absolute atomic E-state index is 12.8. The number of pyridine rings is 1. The molecule has 1 aromatic carbocycles. The van der Waals surface area contributed by atoms with Gasteiger partial charge in [0.1, 0.15) is 6.04 Å². The van der Waals surface area contributed by atoms with E-state index in [1.807, 2.05) is 36.5 Å². The fraction of sp³-hybridized carbons (Fsp3) is 0.381. The van der Waals surface area contributed by atoms with Crippen molar-refractivity contribution in [2.45, 2.75) is 45.2 Å². The van der Waals surface area contributed by atoms with Gasteiger partial charge >= 0.3 is 0 Å². The van der Waals surface area contributed by atoms with E-state index in [1.165, 1.54) is 5.56 Å². The third kappa shape index (κ3) is 3.81. The van der Waals surface area contributed by atoms with E-state index in [4.69, 9.17) is 4.98 Å². The number of hydrogen-bond donors (Lipinski definition) is 1. The van der Waals surface area contributed by atoms with Crippen LogP contribution in [0.2, 0.25) is 0 Å². The number of carbonyl (C=O) groups excluding carboxylic acids is 1. The first kappa shape index (κ1) is 17.9. The normalized spacial score (nSPS) is 17.0. The van der Waals surface area contributed by atoms with Crippen LogP contribution in [0.25, 0.3) is 10.3 Å². The molecule has 1 aliphatic heterocycles. The molecule has 3 aromatic rings. The molecule has 1 amide bonds. The van der Waals surface area contributed by atoms with Gasteiger partial charge in [0.25, 0.3) is 0 Å². The third-order valence-corrected chi connectivity index (χ3v) is 6.06. The standard InChI is InChI=1S/C21H24N4OS/c1-14(2)16-11-18-19(22-13-16)24-21(27-18)25-10-6-9-17(25)20(26)23-12-15-7-4-3-5-8-15/h3-5,7-8,11,13-14,17H,6,9-10,12H2,1-2H3,(H,23,26)/t17-/m1/s1. The van der Waals surface area contributed by atoms with Crippen LogP contribution in [0.3, 0.4) is 0 Å². The van der Waals surface area contributed by atoms with Crippen molar-refractivity contribution in [1.82, 2.24) is 15.3 Å². The Bertz CT molecular complexity index is 938.